The summed E-state index contributed by atoms with van der Waals surface area (Å²) < 4.78 is 38.4. The van der Waals surface area contributed by atoms with Crippen LogP contribution in [0.25, 0.3) is 0 Å². The van der Waals surface area contributed by atoms with E-state index in [-0.39, 0.29) is 73.5 Å². The monoisotopic (exact) mass is 402 g/mol. The maximum Gasteiger partial charge on any atom is 1.00 e. The van der Waals surface area contributed by atoms with Gasteiger partial charge in [-0.25, -0.2) is 0 Å². The van der Waals surface area contributed by atoms with Gasteiger partial charge in [-0.15, -0.1) is 0 Å². The number of rotatable bonds is 9. The minimum atomic E-state index is -4.36. The van der Waals surface area contributed by atoms with Gasteiger partial charge in [0.1, 0.15) is 16.4 Å². The van der Waals surface area contributed by atoms with E-state index in [4.69, 9.17) is 4.74 Å². The molecule has 7 heteroatoms. The zero-order chi connectivity index (χ0) is 18.3. The second kappa shape index (κ2) is 11.4. The van der Waals surface area contributed by atoms with Crippen LogP contribution in [0.2, 0.25) is 0 Å². The molecule has 0 aliphatic carbocycles. The summed E-state index contributed by atoms with van der Waals surface area (Å²) in [5.41, 5.74) is 0.557. The van der Waals surface area contributed by atoms with Crippen LogP contribution in [0.4, 0.5) is 0 Å². The Morgan fingerprint density at radius 2 is 1.73 bits per heavy atom. The normalized spacial score (nSPS) is 11.0. The fourth-order valence-electron chi connectivity index (χ4n) is 2.63. The number of hydrogen-bond donors (Lipinski definition) is 1. The van der Waals surface area contributed by atoms with Gasteiger partial charge < -0.3 is 9.84 Å². The Morgan fingerprint density at radius 3 is 2.38 bits per heavy atom. The first-order chi connectivity index (χ1) is 11.9. The maximum atomic E-state index is 11.7. The molecule has 0 saturated carbocycles. The SMILES string of the molecule is CCCCCCCc1ccc(Oc2ccccc2[O-])cc1S(=O)(=O)O.[K+]. The summed E-state index contributed by atoms with van der Waals surface area (Å²) in [4.78, 5) is -0.163. The molecule has 136 valence electrons. The molecule has 0 heterocycles. The van der Waals surface area contributed by atoms with Crippen LogP contribution in [-0.4, -0.2) is 13.0 Å². The van der Waals surface area contributed by atoms with Crippen molar-refractivity contribution in [1.82, 2.24) is 0 Å². The summed E-state index contributed by atoms with van der Waals surface area (Å²) in [6.45, 7) is 2.13. The minimum absolute atomic E-state index is 0. The van der Waals surface area contributed by atoms with E-state index in [0.29, 0.717) is 12.0 Å². The number of benzene rings is 2. The summed E-state index contributed by atoms with van der Waals surface area (Å²) in [6.07, 6.45) is 5.85. The van der Waals surface area contributed by atoms with Gasteiger partial charge in [0.25, 0.3) is 10.1 Å². The number of aryl methyl sites for hydroxylation is 1. The van der Waals surface area contributed by atoms with Crippen molar-refractivity contribution in [1.29, 1.82) is 0 Å². The minimum Gasteiger partial charge on any atom is -0.870 e. The Hall–Kier alpha value is -0.414. The maximum absolute atomic E-state index is 11.7. The Kier molecular flexibility index (Phi) is 10.4. The van der Waals surface area contributed by atoms with Crippen molar-refractivity contribution in [3.05, 3.63) is 48.0 Å². The number of unbranched alkanes of at least 4 members (excludes halogenated alkanes) is 4. The molecule has 2 aromatic rings. The molecule has 5 nitrogen and oxygen atoms in total. The first-order valence-electron chi connectivity index (χ1n) is 8.46. The first-order valence-corrected chi connectivity index (χ1v) is 9.90. The van der Waals surface area contributed by atoms with E-state index in [1.807, 2.05) is 0 Å². The Bertz CT molecular complexity index is 805. The van der Waals surface area contributed by atoms with Gasteiger partial charge in [0.2, 0.25) is 0 Å². The quantitative estimate of drug-likeness (QED) is 0.388. The van der Waals surface area contributed by atoms with Gasteiger partial charge in [-0.2, -0.15) is 8.42 Å². The predicted molar refractivity (Wildman–Crippen MR) is 94.7 cm³/mol. The summed E-state index contributed by atoms with van der Waals surface area (Å²) in [5, 5.41) is 11.7. The van der Waals surface area contributed by atoms with Crippen molar-refractivity contribution >= 4 is 10.1 Å². The molecule has 0 aromatic heterocycles. The zero-order valence-corrected chi connectivity index (χ0v) is 19.2. The van der Waals surface area contributed by atoms with Crippen LogP contribution in [-0.2, 0) is 16.5 Å². The summed E-state index contributed by atoms with van der Waals surface area (Å²) in [6, 6.07) is 10.6. The predicted octanol–water partition coefficient (Wildman–Crippen LogP) is 1.32. The van der Waals surface area contributed by atoms with E-state index in [9.17, 15) is 18.1 Å². The molecule has 0 aliphatic heterocycles. The number of ether oxygens (including phenoxy) is 1. The molecule has 2 rings (SSSR count). The largest absolute Gasteiger partial charge is 1.00 e. The van der Waals surface area contributed by atoms with Crippen LogP contribution >= 0.6 is 0 Å². The number of hydrogen-bond acceptors (Lipinski definition) is 4. The molecule has 0 amide bonds. The third kappa shape index (κ3) is 7.30. The molecular weight excluding hydrogens is 379 g/mol. The third-order valence-corrected chi connectivity index (χ3v) is 4.88. The summed E-state index contributed by atoms with van der Waals surface area (Å²) in [5.74, 6) is 0.0117. The second-order valence-corrected chi connectivity index (χ2v) is 7.35. The molecule has 2 aromatic carbocycles. The molecular formula is C19H23KO5S. The van der Waals surface area contributed by atoms with Gasteiger partial charge in [-0.3, -0.25) is 4.55 Å². The fourth-order valence-corrected chi connectivity index (χ4v) is 3.39. The fraction of sp³-hybridized carbons (Fsp3) is 0.368. The molecule has 0 aliphatic rings. The second-order valence-electron chi connectivity index (χ2n) is 5.96. The summed E-state index contributed by atoms with van der Waals surface area (Å²) in [7, 11) is -4.36. The van der Waals surface area contributed by atoms with E-state index >= 15 is 0 Å². The van der Waals surface area contributed by atoms with Crippen molar-refractivity contribution in [2.75, 3.05) is 0 Å². The molecule has 1 N–H and O–H groups in total. The Balaban J connectivity index is 0.00000338. The van der Waals surface area contributed by atoms with Crippen LogP contribution < -0.4 is 61.2 Å². The van der Waals surface area contributed by atoms with Crippen LogP contribution in [0.5, 0.6) is 17.2 Å². The van der Waals surface area contributed by atoms with Crippen molar-refractivity contribution in [2.45, 2.75) is 50.3 Å². The van der Waals surface area contributed by atoms with Crippen molar-refractivity contribution in [3.8, 4) is 17.2 Å². The van der Waals surface area contributed by atoms with Crippen LogP contribution in [0.15, 0.2) is 47.4 Å². The van der Waals surface area contributed by atoms with Crippen LogP contribution in [0.3, 0.4) is 0 Å². The van der Waals surface area contributed by atoms with E-state index in [1.54, 1.807) is 24.3 Å². The van der Waals surface area contributed by atoms with Crippen molar-refractivity contribution in [3.63, 3.8) is 0 Å². The molecule has 0 spiro atoms. The van der Waals surface area contributed by atoms with Gasteiger partial charge in [0.15, 0.2) is 0 Å². The standard InChI is InChI=1S/C19H24O5S.K/c1-2-3-4-5-6-9-15-12-13-16(14-19(15)25(21,22)23)24-18-11-8-7-10-17(18)20;/h7-8,10-14,20H,2-6,9H2,1H3,(H,21,22,23);/q;+1/p-1. The molecule has 0 fully saturated rings. The van der Waals surface area contributed by atoms with Gasteiger partial charge in [-0.05, 0) is 30.5 Å². The smallest absolute Gasteiger partial charge is 0.870 e. The first kappa shape index (κ1) is 23.6. The van der Waals surface area contributed by atoms with Gasteiger partial charge in [-0.1, -0.05) is 62.6 Å². The Morgan fingerprint density at radius 1 is 1.04 bits per heavy atom. The molecule has 26 heavy (non-hydrogen) atoms. The molecule has 0 atom stereocenters. The molecule has 0 unspecified atom stereocenters. The van der Waals surface area contributed by atoms with Crippen molar-refractivity contribution < 1.29 is 74.2 Å². The number of para-hydroxylation sites is 2. The van der Waals surface area contributed by atoms with Gasteiger partial charge in [0.05, 0.1) is 0 Å². The van der Waals surface area contributed by atoms with E-state index in [0.717, 1.165) is 32.1 Å². The van der Waals surface area contributed by atoms with Gasteiger partial charge in [0, 0.05) is 6.07 Å². The third-order valence-electron chi connectivity index (χ3n) is 3.94. The Labute approximate surface area is 198 Å². The van der Waals surface area contributed by atoms with Crippen molar-refractivity contribution in [2.24, 2.45) is 0 Å². The summed E-state index contributed by atoms with van der Waals surface area (Å²) >= 11 is 0. The topological polar surface area (TPSA) is 86.7 Å². The van der Waals surface area contributed by atoms with Crippen LogP contribution in [0.1, 0.15) is 44.6 Å². The van der Waals surface area contributed by atoms with Gasteiger partial charge >= 0.3 is 51.4 Å². The van der Waals surface area contributed by atoms with E-state index in [2.05, 4.69) is 6.92 Å². The zero-order valence-electron chi connectivity index (χ0n) is 15.3. The molecule has 0 saturated heterocycles. The van der Waals surface area contributed by atoms with E-state index < -0.39 is 10.1 Å². The van der Waals surface area contributed by atoms with E-state index in [1.165, 1.54) is 18.2 Å². The molecule has 0 radical (unpaired) electrons. The average Bonchev–Trinajstić information content (AvgIpc) is 2.57. The molecule has 0 bridgehead atoms. The van der Waals surface area contributed by atoms with Crippen LogP contribution in [0, 0.1) is 0 Å². The average molecular weight is 403 g/mol.